The minimum atomic E-state index is -1.11. The van der Waals surface area contributed by atoms with E-state index < -0.39 is 41.1 Å². The van der Waals surface area contributed by atoms with Gasteiger partial charge in [-0.3, -0.25) is 14.4 Å². The third-order valence-corrected chi connectivity index (χ3v) is 5.57. The van der Waals surface area contributed by atoms with Crippen molar-refractivity contribution in [3.05, 3.63) is 119 Å². The Morgan fingerprint density at radius 2 is 1.39 bits per heavy atom. The van der Waals surface area contributed by atoms with Gasteiger partial charge in [-0.2, -0.15) is 0 Å². The van der Waals surface area contributed by atoms with Crippen LogP contribution >= 0.6 is 0 Å². The number of ketones is 1. The number of nitrogens with one attached hydrogen (secondary N) is 2. The summed E-state index contributed by atoms with van der Waals surface area (Å²) in [6.45, 7) is 1.41. The highest BCUT2D eigenvalue weighted by Crippen LogP contribution is 2.14. The van der Waals surface area contributed by atoms with Crippen molar-refractivity contribution in [3.63, 3.8) is 0 Å². The van der Waals surface area contributed by atoms with Crippen molar-refractivity contribution in [2.45, 2.75) is 38.3 Å². The van der Waals surface area contributed by atoms with Crippen LogP contribution in [-0.2, 0) is 22.4 Å². The first-order chi connectivity index (χ1) is 17.3. The normalized spacial score (nSPS) is 12.6. The third kappa shape index (κ3) is 7.98. The molecule has 0 heterocycles. The minimum Gasteiger partial charge on any atom is -0.348 e. The van der Waals surface area contributed by atoms with E-state index in [0.29, 0.717) is 12.8 Å². The number of carbonyl (C=O) groups is 3. The Kier molecular flexibility index (Phi) is 9.63. The number of rotatable bonds is 11. The predicted octanol–water partition coefficient (Wildman–Crippen LogP) is 4.57. The van der Waals surface area contributed by atoms with Gasteiger partial charge in [0.15, 0.2) is 5.78 Å². The van der Waals surface area contributed by atoms with Crippen molar-refractivity contribution in [2.24, 2.45) is 0 Å². The molecule has 3 rings (SSSR count). The zero-order valence-corrected chi connectivity index (χ0v) is 19.9. The summed E-state index contributed by atoms with van der Waals surface area (Å²) in [5.74, 6) is -3.76. The topological polar surface area (TPSA) is 75.3 Å². The molecule has 7 heteroatoms. The Morgan fingerprint density at radius 3 is 1.97 bits per heavy atom. The van der Waals surface area contributed by atoms with E-state index in [1.165, 1.54) is 13.0 Å². The van der Waals surface area contributed by atoms with Crippen LogP contribution < -0.4 is 10.6 Å². The lowest BCUT2D eigenvalue weighted by Crippen LogP contribution is -2.50. The number of benzene rings is 3. The van der Waals surface area contributed by atoms with Crippen LogP contribution in [0.15, 0.2) is 91.0 Å². The number of halogens is 2. The molecule has 186 valence electrons. The summed E-state index contributed by atoms with van der Waals surface area (Å²) in [5.41, 5.74) is 1.07. The lowest BCUT2D eigenvalue weighted by molar-refractivity contribution is -0.123. The third-order valence-electron chi connectivity index (χ3n) is 5.57. The summed E-state index contributed by atoms with van der Waals surface area (Å²) in [4.78, 5) is 37.6. The van der Waals surface area contributed by atoms with Gasteiger partial charge in [-0.1, -0.05) is 72.8 Å². The van der Waals surface area contributed by atoms with Crippen molar-refractivity contribution in [1.82, 2.24) is 10.6 Å². The van der Waals surface area contributed by atoms with Crippen LogP contribution in [0, 0.1) is 11.6 Å². The Hall–Kier alpha value is -4.13. The number of amides is 2. The molecule has 0 saturated carbocycles. The molecule has 0 aliphatic heterocycles. The molecule has 0 spiro atoms. The Morgan fingerprint density at radius 1 is 0.806 bits per heavy atom. The van der Waals surface area contributed by atoms with Gasteiger partial charge in [0.2, 0.25) is 5.91 Å². The standard InChI is InChI=1S/C29H28F2N2O3/c1-20(34)15-17-23(18-16-21-9-4-2-5-10-21)32-28(35)26(19-22-11-6-3-7-12-22)33-29(36)27-24(30)13-8-14-25(27)31/h2-15,17,23,26H,16,18-19H2,1H3,(H,32,35)(H,33,36)/b17-15+/t23-,26+/m1/s1. The maximum absolute atomic E-state index is 14.2. The molecule has 0 unspecified atom stereocenters. The fourth-order valence-corrected chi connectivity index (χ4v) is 3.72. The molecule has 0 radical (unpaired) electrons. The molecule has 5 nitrogen and oxygen atoms in total. The fourth-order valence-electron chi connectivity index (χ4n) is 3.72. The van der Waals surface area contributed by atoms with E-state index in [1.54, 1.807) is 30.3 Å². The smallest absolute Gasteiger partial charge is 0.257 e. The number of aryl methyl sites for hydroxylation is 1. The van der Waals surface area contributed by atoms with Gasteiger partial charge in [-0.05, 0) is 49.1 Å². The van der Waals surface area contributed by atoms with Crippen molar-refractivity contribution in [2.75, 3.05) is 0 Å². The summed E-state index contributed by atoms with van der Waals surface area (Å²) in [6.07, 6.45) is 4.25. The maximum Gasteiger partial charge on any atom is 0.257 e. The van der Waals surface area contributed by atoms with Crippen molar-refractivity contribution < 1.29 is 23.2 Å². The highest BCUT2D eigenvalue weighted by molar-refractivity contribution is 5.98. The summed E-state index contributed by atoms with van der Waals surface area (Å²) >= 11 is 0. The molecule has 0 aromatic heterocycles. The number of hydrogen-bond donors (Lipinski definition) is 2. The highest BCUT2D eigenvalue weighted by Gasteiger charge is 2.26. The molecule has 3 aromatic rings. The lowest BCUT2D eigenvalue weighted by Gasteiger charge is -2.22. The Balaban J connectivity index is 1.80. The summed E-state index contributed by atoms with van der Waals surface area (Å²) in [6, 6.07) is 20.2. The Bertz CT molecular complexity index is 1190. The maximum atomic E-state index is 14.2. The first kappa shape index (κ1) is 26.5. The molecule has 3 aromatic carbocycles. The summed E-state index contributed by atoms with van der Waals surface area (Å²) in [7, 11) is 0. The van der Waals surface area contributed by atoms with E-state index in [-0.39, 0.29) is 12.2 Å². The van der Waals surface area contributed by atoms with Crippen LogP contribution in [0.1, 0.15) is 34.8 Å². The first-order valence-corrected chi connectivity index (χ1v) is 11.7. The molecular formula is C29H28F2N2O3. The molecule has 0 aliphatic rings. The monoisotopic (exact) mass is 490 g/mol. The largest absolute Gasteiger partial charge is 0.348 e. The summed E-state index contributed by atoms with van der Waals surface area (Å²) < 4.78 is 28.4. The van der Waals surface area contributed by atoms with Gasteiger partial charge in [0, 0.05) is 12.5 Å². The van der Waals surface area contributed by atoms with E-state index in [4.69, 9.17) is 0 Å². The van der Waals surface area contributed by atoms with Gasteiger partial charge in [0.1, 0.15) is 23.2 Å². The number of allylic oxidation sites excluding steroid dienone is 1. The van der Waals surface area contributed by atoms with Crippen molar-refractivity contribution in [1.29, 1.82) is 0 Å². The van der Waals surface area contributed by atoms with Gasteiger partial charge < -0.3 is 10.6 Å². The second-order valence-corrected chi connectivity index (χ2v) is 8.42. The minimum absolute atomic E-state index is 0.107. The first-order valence-electron chi connectivity index (χ1n) is 11.7. The molecule has 0 fully saturated rings. The fraction of sp³-hybridized carbons (Fsp3) is 0.207. The predicted molar refractivity (Wildman–Crippen MR) is 134 cm³/mol. The summed E-state index contributed by atoms with van der Waals surface area (Å²) in [5, 5.41) is 5.35. The van der Waals surface area contributed by atoms with Crippen LogP contribution in [0.4, 0.5) is 8.78 Å². The molecule has 36 heavy (non-hydrogen) atoms. The van der Waals surface area contributed by atoms with E-state index in [1.807, 2.05) is 36.4 Å². The second-order valence-electron chi connectivity index (χ2n) is 8.42. The molecule has 2 N–H and O–H groups in total. The highest BCUT2D eigenvalue weighted by atomic mass is 19.1. The van der Waals surface area contributed by atoms with Gasteiger partial charge in [-0.25, -0.2) is 8.78 Å². The number of hydrogen-bond acceptors (Lipinski definition) is 3. The van der Waals surface area contributed by atoms with Gasteiger partial charge >= 0.3 is 0 Å². The average molecular weight is 491 g/mol. The SMILES string of the molecule is CC(=O)/C=C/[C@H](CCc1ccccc1)NC(=O)[C@H](Cc1ccccc1)NC(=O)c1c(F)cccc1F. The van der Waals surface area contributed by atoms with Crippen molar-refractivity contribution >= 4 is 17.6 Å². The van der Waals surface area contributed by atoms with Gasteiger partial charge in [0.25, 0.3) is 5.91 Å². The van der Waals surface area contributed by atoms with Crippen LogP contribution in [0.3, 0.4) is 0 Å². The van der Waals surface area contributed by atoms with Crippen LogP contribution in [-0.4, -0.2) is 29.7 Å². The van der Waals surface area contributed by atoms with E-state index in [0.717, 1.165) is 29.3 Å². The zero-order chi connectivity index (χ0) is 25.9. The van der Waals surface area contributed by atoms with Crippen LogP contribution in [0.25, 0.3) is 0 Å². The lowest BCUT2D eigenvalue weighted by atomic mass is 10.0. The molecular weight excluding hydrogens is 462 g/mol. The Labute approximate surface area is 209 Å². The van der Waals surface area contributed by atoms with Gasteiger partial charge in [0.05, 0.1) is 0 Å². The second kappa shape index (κ2) is 13.1. The zero-order valence-electron chi connectivity index (χ0n) is 19.9. The quantitative estimate of drug-likeness (QED) is 0.387. The molecule has 0 saturated heterocycles. The van der Waals surface area contributed by atoms with Crippen LogP contribution in [0.5, 0.6) is 0 Å². The van der Waals surface area contributed by atoms with Crippen LogP contribution in [0.2, 0.25) is 0 Å². The molecule has 2 amide bonds. The molecule has 2 atom stereocenters. The van der Waals surface area contributed by atoms with Crippen molar-refractivity contribution in [3.8, 4) is 0 Å². The van der Waals surface area contributed by atoms with Gasteiger partial charge in [-0.15, -0.1) is 0 Å². The molecule has 0 bridgehead atoms. The molecule has 0 aliphatic carbocycles. The number of carbonyl (C=O) groups excluding carboxylic acids is 3. The van der Waals surface area contributed by atoms with E-state index >= 15 is 0 Å². The van der Waals surface area contributed by atoms with E-state index in [9.17, 15) is 23.2 Å². The average Bonchev–Trinajstić information content (AvgIpc) is 2.86. The van der Waals surface area contributed by atoms with E-state index in [2.05, 4.69) is 10.6 Å².